The molecule has 1 fully saturated rings. The Labute approximate surface area is 146 Å². The third-order valence-electron chi connectivity index (χ3n) is 4.08. The van der Waals surface area contributed by atoms with Gasteiger partial charge in [0.1, 0.15) is 0 Å². The highest BCUT2D eigenvalue weighted by atomic mass is 16.5. The van der Waals surface area contributed by atoms with Crippen molar-refractivity contribution in [2.24, 2.45) is 5.92 Å². The fourth-order valence-electron chi connectivity index (χ4n) is 2.53. The van der Waals surface area contributed by atoms with Gasteiger partial charge in [-0.1, -0.05) is 12.1 Å². The van der Waals surface area contributed by atoms with E-state index in [1.165, 1.54) is 12.8 Å². The van der Waals surface area contributed by atoms with Gasteiger partial charge in [-0.3, -0.25) is 14.6 Å². The molecule has 0 atom stereocenters. The summed E-state index contributed by atoms with van der Waals surface area (Å²) in [6.07, 6.45) is 6.33. The SMILES string of the molecule is CCCN(Cc1cc(C(=O)NCC2CC2)no1)C(=O)c1cccnc1. The number of carbonyl (C=O) groups excluding carboxylic acids is 2. The van der Waals surface area contributed by atoms with Crippen LogP contribution in [0.1, 0.15) is 52.8 Å². The molecular weight excluding hydrogens is 320 g/mol. The van der Waals surface area contributed by atoms with Crippen LogP contribution in [0.5, 0.6) is 0 Å². The molecule has 1 saturated carbocycles. The Morgan fingerprint density at radius 2 is 2.24 bits per heavy atom. The van der Waals surface area contributed by atoms with Crippen molar-refractivity contribution in [2.45, 2.75) is 32.7 Å². The lowest BCUT2D eigenvalue weighted by Gasteiger charge is -2.20. The van der Waals surface area contributed by atoms with Crippen molar-refractivity contribution in [1.82, 2.24) is 20.4 Å². The maximum absolute atomic E-state index is 12.6. The Morgan fingerprint density at radius 1 is 1.40 bits per heavy atom. The molecule has 2 aromatic rings. The van der Waals surface area contributed by atoms with Crippen LogP contribution in [0.4, 0.5) is 0 Å². The molecule has 132 valence electrons. The predicted molar refractivity (Wildman–Crippen MR) is 90.8 cm³/mol. The Kier molecular flexibility index (Phi) is 5.42. The second kappa shape index (κ2) is 7.92. The van der Waals surface area contributed by atoms with E-state index in [9.17, 15) is 9.59 Å². The number of rotatable bonds is 8. The zero-order chi connectivity index (χ0) is 17.6. The van der Waals surface area contributed by atoms with Gasteiger partial charge in [-0.25, -0.2) is 0 Å². The first-order chi connectivity index (χ1) is 12.2. The van der Waals surface area contributed by atoms with Gasteiger partial charge in [0.05, 0.1) is 12.1 Å². The molecule has 0 spiro atoms. The standard InChI is InChI=1S/C18H22N4O3/c1-2-8-22(18(24)14-4-3-7-19-11-14)12-15-9-16(21-25-15)17(23)20-10-13-5-6-13/h3-4,7,9,11,13H,2,5-6,8,10,12H2,1H3,(H,20,23). The Balaban J connectivity index is 1.63. The van der Waals surface area contributed by atoms with Crippen molar-refractivity contribution in [3.05, 3.63) is 47.6 Å². The van der Waals surface area contributed by atoms with Gasteiger partial charge in [0.15, 0.2) is 11.5 Å². The maximum atomic E-state index is 12.6. The molecule has 2 amide bonds. The highest BCUT2D eigenvalue weighted by Gasteiger charge is 2.23. The summed E-state index contributed by atoms with van der Waals surface area (Å²) in [7, 11) is 0. The third-order valence-corrected chi connectivity index (χ3v) is 4.08. The smallest absolute Gasteiger partial charge is 0.273 e. The minimum atomic E-state index is -0.234. The average Bonchev–Trinajstić information content (AvgIpc) is 3.36. The van der Waals surface area contributed by atoms with Crippen molar-refractivity contribution in [2.75, 3.05) is 13.1 Å². The van der Waals surface area contributed by atoms with E-state index in [0.29, 0.717) is 30.3 Å². The lowest BCUT2D eigenvalue weighted by atomic mass is 10.2. The molecule has 7 nitrogen and oxygen atoms in total. The quantitative estimate of drug-likeness (QED) is 0.795. The number of hydrogen-bond donors (Lipinski definition) is 1. The van der Waals surface area contributed by atoms with Crippen LogP contribution >= 0.6 is 0 Å². The van der Waals surface area contributed by atoms with Crippen LogP contribution in [-0.4, -0.2) is 39.9 Å². The largest absolute Gasteiger partial charge is 0.359 e. The second-order valence-corrected chi connectivity index (χ2v) is 6.30. The first-order valence-corrected chi connectivity index (χ1v) is 8.60. The summed E-state index contributed by atoms with van der Waals surface area (Å²) in [5, 5.41) is 6.67. The molecule has 1 aliphatic rings. The van der Waals surface area contributed by atoms with Gasteiger partial charge in [0, 0.05) is 31.5 Å². The van der Waals surface area contributed by atoms with Gasteiger partial charge in [0.25, 0.3) is 11.8 Å². The highest BCUT2D eigenvalue weighted by molar-refractivity contribution is 5.94. The Hall–Kier alpha value is -2.70. The van der Waals surface area contributed by atoms with Gasteiger partial charge < -0.3 is 14.7 Å². The maximum Gasteiger partial charge on any atom is 0.273 e. The van der Waals surface area contributed by atoms with Crippen molar-refractivity contribution < 1.29 is 14.1 Å². The first kappa shape index (κ1) is 17.1. The number of nitrogens with one attached hydrogen (secondary N) is 1. The number of aromatic nitrogens is 2. The molecule has 1 N–H and O–H groups in total. The predicted octanol–water partition coefficient (Wildman–Crippen LogP) is 2.26. The van der Waals surface area contributed by atoms with E-state index in [-0.39, 0.29) is 24.1 Å². The van der Waals surface area contributed by atoms with Crippen molar-refractivity contribution >= 4 is 11.8 Å². The molecule has 0 saturated heterocycles. The fraction of sp³-hybridized carbons (Fsp3) is 0.444. The van der Waals surface area contributed by atoms with Crippen molar-refractivity contribution in [3.8, 4) is 0 Å². The van der Waals surface area contributed by atoms with Crippen LogP contribution in [0.15, 0.2) is 35.1 Å². The molecule has 0 unspecified atom stereocenters. The molecule has 3 rings (SSSR count). The molecule has 0 radical (unpaired) electrons. The van der Waals surface area contributed by atoms with Gasteiger partial charge >= 0.3 is 0 Å². The molecule has 2 heterocycles. The van der Waals surface area contributed by atoms with Crippen molar-refractivity contribution in [3.63, 3.8) is 0 Å². The van der Waals surface area contributed by atoms with Gasteiger partial charge in [-0.15, -0.1) is 0 Å². The Morgan fingerprint density at radius 3 is 2.92 bits per heavy atom. The molecule has 2 aromatic heterocycles. The lowest BCUT2D eigenvalue weighted by molar-refractivity contribution is 0.0726. The Bertz CT molecular complexity index is 725. The van der Waals surface area contributed by atoms with Gasteiger partial charge in [-0.2, -0.15) is 0 Å². The first-order valence-electron chi connectivity index (χ1n) is 8.60. The summed E-state index contributed by atoms with van der Waals surface area (Å²) in [6, 6.07) is 5.06. The summed E-state index contributed by atoms with van der Waals surface area (Å²) < 4.78 is 5.25. The average molecular weight is 342 g/mol. The minimum absolute atomic E-state index is 0.119. The number of hydrogen-bond acceptors (Lipinski definition) is 5. The number of pyridine rings is 1. The summed E-state index contributed by atoms with van der Waals surface area (Å²) in [6.45, 7) is 3.53. The van der Waals surface area contributed by atoms with E-state index >= 15 is 0 Å². The summed E-state index contributed by atoms with van der Waals surface area (Å²) in [5.74, 6) is 0.739. The van der Waals surface area contributed by atoms with Crippen LogP contribution in [0, 0.1) is 5.92 Å². The van der Waals surface area contributed by atoms with E-state index in [1.54, 1.807) is 35.5 Å². The lowest BCUT2D eigenvalue weighted by Crippen LogP contribution is -2.31. The van der Waals surface area contributed by atoms with Crippen LogP contribution in [0.2, 0.25) is 0 Å². The minimum Gasteiger partial charge on any atom is -0.359 e. The van der Waals surface area contributed by atoms with E-state index in [2.05, 4.69) is 15.5 Å². The number of carbonyl (C=O) groups is 2. The molecule has 0 aromatic carbocycles. The molecule has 0 bridgehead atoms. The van der Waals surface area contributed by atoms with Crippen molar-refractivity contribution in [1.29, 1.82) is 0 Å². The van der Waals surface area contributed by atoms with E-state index < -0.39 is 0 Å². The molecule has 1 aliphatic carbocycles. The number of amides is 2. The molecular formula is C18H22N4O3. The topological polar surface area (TPSA) is 88.3 Å². The molecule has 0 aliphatic heterocycles. The van der Waals surface area contributed by atoms with E-state index in [0.717, 1.165) is 6.42 Å². The normalized spacial score (nSPS) is 13.5. The highest BCUT2D eigenvalue weighted by Crippen LogP contribution is 2.27. The summed E-state index contributed by atoms with van der Waals surface area (Å²) >= 11 is 0. The van der Waals surface area contributed by atoms with E-state index in [1.807, 2.05) is 6.92 Å². The molecule has 7 heteroatoms. The van der Waals surface area contributed by atoms with Crippen LogP contribution < -0.4 is 5.32 Å². The zero-order valence-electron chi connectivity index (χ0n) is 14.3. The number of nitrogens with zero attached hydrogens (tertiary/aromatic N) is 3. The summed E-state index contributed by atoms with van der Waals surface area (Å²) in [5.41, 5.74) is 0.777. The van der Waals surface area contributed by atoms with Gasteiger partial charge in [-0.05, 0) is 37.3 Å². The van der Waals surface area contributed by atoms with Gasteiger partial charge in [0.2, 0.25) is 0 Å². The fourth-order valence-corrected chi connectivity index (χ4v) is 2.53. The monoisotopic (exact) mass is 342 g/mol. The second-order valence-electron chi connectivity index (χ2n) is 6.30. The van der Waals surface area contributed by atoms with Crippen LogP contribution in [-0.2, 0) is 6.54 Å². The summed E-state index contributed by atoms with van der Waals surface area (Å²) in [4.78, 5) is 30.3. The van der Waals surface area contributed by atoms with Crippen LogP contribution in [0.25, 0.3) is 0 Å². The third kappa shape index (κ3) is 4.65. The zero-order valence-corrected chi connectivity index (χ0v) is 14.3. The van der Waals surface area contributed by atoms with E-state index in [4.69, 9.17) is 4.52 Å². The van der Waals surface area contributed by atoms with Crippen LogP contribution in [0.3, 0.4) is 0 Å². The molecule has 25 heavy (non-hydrogen) atoms.